The van der Waals surface area contributed by atoms with Gasteiger partial charge in [-0.15, -0.1) is 0 Å². The molecule has 4 heteroatoms. The SMILES string of the molecule is CC(C)(CN)NC(=O)c1cc(C2CC2)nc2ccccc12. The van der Waals surface area contributed by atoms with Crippen molar-refractivity contribution in [3.63, 3.8) is 0 Å². The number of carbonyl (C=O) groups is 1. The Labute approximate surface area is 124 Å². The third-order valence-corrected chi connectivity index (χ3v) is 3.94. The first kappa shape index (κ1) is 14.0. The number of nitrogens with zero attached hydrogens (tertiary/aromatic N) is 1. The molecule has 0 saturated heterocycles. The van der Waals surface area contributed by atoms with Crippen LogP contribution in [-0.4, -0.2) is 23.0 Å². The number of para-hydroxylation sites is 1. The number of nitrogens with two attached hydrogens (primary N) is 1. The number of nitrogens with one attached hydrogen (secondary N) is 1. The van der Waals surface area contributed by atoms with Crippen molar-refractivity contribution in [2.24, 2.45) is 5.73 Å². The minimum absolute atomic E-state index is 0.0778. The summed E-state index contributed by atoms with van der Waals surface area (Å²) in [5, 5.41) is 3.90. The highest BCUT2D eigenvalue weighted by atomic mass is 16.1. The Balaban J connectivity index is 2.05. The Morgan fingerprint density at radius 3 is 2.76 bits per heavy atom. The molecule has 0 aliphatic heterocycles. The standard InChI is InChI=1S/C17H21N3O/c1-17(2,10-18)20-16(21)13-9-15(11-7-8-11)19-14-6-4-3-5-12(13)14/h3-6,9,11H,7-8,10,18H2,1-2H3,(H,20,21). The van der Waals surface area contributed by atoms with E-state index in [0.717, 1.165) is 16.6 Å². The molecule has 110 valence electrons. The van der Waals surface area contributed by atoms with Crippen LogP contribution in [0.3, 0.4) is 0 Å². The maximum Gasteiger partial charge on any atom is 0.252 e. The van der Waals surface area contributed by atoms with Crippen molar-refractivity contribution in [2.75, 3.05) is 6.54 Å². The molecule has 1 heterocycles. The number of benzene rings is 1. The predicted molar refractivity (Wildman–Crippen MR) is 84.3 cm³/mol. The van der Waals surface area contributed by atoms with Crippen LogP contribution in [0.4, 0.5) is 0 Å². The Morgan fingerprint density at radius 2 is 2.10 bits per heavy atom. The zero-order valence-corrected chi connectivity index (χ0v) is 12.5. The first-order valence-corrected chi connectivity index (χ1v) is 7.42. The van der Waals surface area contributed by atoms with Crippen molar-refractivity contribution in [2.45, 2.75) is 38.1 Å². The summed E-state index contributed by atoms with van der Waals surface area (Å²) in [6, 6.07) is 9.75. The molecule has 1 aliphatic carbocycles. The minimum Gasteiger partial charge on any atom is -0.346 e. The fourth-order valence-electron chi connectivity index (χ4n) is 2.40. The molecule has 1 aromatic heterocycles. The number of carbonyl (C=O) groups excluding carboxylic acids is 1. The highest BCUT2D eigenvalue weighted by Gasteiger charge is 2.28. The zero-order chi connectivity index (χ0) is 15.0. The molecule has 0 unspecified atom stereocenters. The molecule has 4 nitrogen and oxygen atoms in total. The number of aromatic nitrogens is 1. The summed E-state index contributed by atoms with van der Waals surface area (Å²) in [7, 11) is 0. The predicted octanol–water partition coefficient (Wildman–Crippen LogP) is 2.58. The van der Waals surface area contributed by atoms with Crippen molar-refractivity contribution in [1.82, 2.24) is 10.3 Å². The third-order valence-electron chi connectivity index (χ3n) is 3.94. The van der Waals surface area contributed by atoms with E-state index < -0.39 is 5.54 Å². The van der Waals surface area contributed by atoms with Gasteiger partial charge in [-0.25, -0.2) is 0 Å². The molecular weight excluding hydrogens is 262 g/mol. The van der Waals surface area contributed by atoms with Crippen molar-refractivity contribution >= 4 is 16.8 Å². The second kappa shape index (κ2) is 5.11. The monoisotopic (exact) mass is 283 g/mol. The largest absolute Gasteiger partial charge is 0.346 e. The van der Waals surface area contributed by atoms with Crippen molar-refractivity contribution in [3.05, 3.63) is 41.6 Å². The lowest BCUT2D eigenvalue weighted by molar-refractivity contribution is 0.0917. The lowest BCUT2D eigenvalue weighted by Crippen LogP contribution is -2.48. The molecule has 0 radical (unpaired) electrons. The van der Waals surface area contributed by atoms with E-state index in [0.29, 0.717) is 18.0 Å². The summed E-state index contributed by atoms with van der Waals surface area (Å²) in [5.41, 5.74) is 7.91. The van der Waals surface area contributed by atoms with Gasteiger partial charge < -0.3 is 11.1 Å². The van der Waals surface area contributed by atoms with Crippen LogP contribution < -0.4 is 11.1 Å². The van der Waals surface area contributed by atoms with Gasteiger partial charge in [-0.05, 0) is 38.8 Å². The van der Waals surface area contributed by atoms with Gasteiger partial charge in [-0.1, -0.05) is 18.2 Å². The van der Waals surface area contributed by atoms with Gasteiger partial charge in [-0.2, -0.15) is 0 Å². The van der Waals surface area contributed by atoms with Gasteiger partial charge >= 0.3 is 0 Å². The second-order valence-electron chi connectivity index (χ2n) is 6.43. The summed E-state index contributed by atoms with van der Waals surface area (Å²) in [6.07, 6.45) is 2.33. The minimum atomic E-state index is -0.415. The summed E-state index contributed by atoms with van der Waals surface area (Å²) in [4.78, 5) is 17.3. The van der Waals surface area contributed by atoms with E-state index in [2.05, 4.69) is 5.32 Å². The van der Waals surface area contributed by atoms with Crippen LogP contribution in [0.1, 0.15) is 48.7 Å². The maximum atomic E-state index is 12.6. The maximum absolute atomic E-state index is 12.6. The summed E-state index contributed by atoms with van der Waals surface area (Å²) >= 11 is 0. The van der Waals surface area contributed by atoms with E-state index >= 15 is 0 Å². The van der Waals surface area contributed by atoms with Gasteiger partial charge in [0.2, 0.25) is 0 Å². The summed E-state index contributed by atoms with van der Waals surface area (Å²) in [5.74, 6) is 0.439. The molecule has 0 atom stereocenters. The number of hydrogen-bond donors (Lipinski definition) is 2. The molecule has 1 amide bonds. The number of rotatable bonds is 4. The molecule has 2 aromatic rings. The Hall–Kier alpha value is -1.94. The number of pyridine rings is 1. The van der Waals surface area contributed by atoms with Crippen molar-refractivity contribution in [3.8, 4) is 0 Å². The molecule has 1 aliphatic rings. The average molecular weight is 283 g/mol. The first-order valence-electron chi connectivity index (χ1n) is 7.42. The van der Waals surface area contributed by atoms with Crippen LogP contribution in [0.25, 0.3) is 10.9 Å². The lowest BCUT2D eigenvalue weighted by atomic mass is 10.0. The van der Waals surface area contributed by atoms with E-state index in [1.54, 1.807) is 0 Å². The molecule has 1 fully saturated rings. The Kier molecular flexibility index (Phi) is 3.41. The Bertz CT molecular complexity index is 689. The van der Waals surface area contributed by atoms with Gasteiger partial charge in [0.1, 0.15) is 0 Å². The van der Waals surface area contributed by atoms with E-state index in [-0.39, 0.29) is 5.91 Å². The average Bonchev–Trinajstić information content (AvgIpc) is 3.30. The normalized spacial score (nSPS) is 15.2. The summed E-state index contributed by atoms with van der Waals surface area (Å²) in [6.45, 7) is 4.25. The molecule has 1 saturated carbocycles. The molecule has 3 rings (SSSR count). The smallest absolute Gasteiger partial charge is 0.252 e. The van der Waals surface area contributed by atoms with E-state index in [9.17, 15) is 4.79 Å². The zero-order valence-electron chi connectivity index (χ0n) is 12.5. The van der Waals surface area contributed by atoms with Gasteiger partial charge in [0.15, 0.2) is 0 Å². The molecule has 0 spiro atoms. The first-order chi connectivity index (χ1) is 10.00. The molecule has 0 bridgehead atoms. The van der Waals surface area contributed by atoms with Gasteiger partial charge in [0.25, 0.3) is 5.91 Å². The van der Waals surface area contributed by atoms with Crippen LogP contribution in [0.5, 0.6) is 0 Å². The highest BCUT2D eigenvalue weighted by Crippen LogP contribution is 2.40. The molecule has 3 N–H and O–H groups in total. The van der Waals surface area contributed by atoms with E-state index in [1.165, 1.54) is 12.8 Å². The highest BCUT2D eigenvalue weighted by molar-refractivity contribution is 6.06. The molecular formula is C17H21N3O. The van der Waals surface area contributed by atoms with Gasteiger partial charge in [-0.3, -0.25) is 9.78 Å². The fourth-order valence-corrected chi connectivity index (χ4v) is 2.40. The molecule has 1 aromatic carbocycles. The van der Waals surface area contributed by atoms with Crippen LogP contribution in [0.2, 0.25) is 0 Å². The van der Waals surface area contributed by atoms with Gasteiger partial charge in [0, 0.05) is 29.1 Å². The van der Waals surface area contributed by atoms with E-state index in [4.69, 9.17) is 10.7 Å². The van der Waals surface area contributed by atoms with Gasteiger partial charge in [0.05, 0.1) is 11.1 Å². The van der Waals surface area contributed by atoms with Crippen LogP contribution in [0, 0.1) is 0 Å². The number of fused-ring (bicyclic) bond motifs is 1. The lowest BCUT2D eigenvalue weighted by Gasteiger charge is -2.24. The summed E-state index contributed by atoms with van der Waals surface area (Å²) < 4.78 is 0. The fraction of sp³-hybridized carbons (Fsp3) is 0.412. The van der Waals surface area contributed by atoms with E-state index in [1.807, 2.05) is 44.2 Å². The van der Waals surface area contributed by atoms with Crippen molar-refractivity contribution in [1.29, 1.82) is 0 Å². The quantitative estimate of drug-likeness (QED) is 0.906. The van der Waals surface area contributed by atoms with Crippen LogP contribution in [0.15, 0.2) is 30.3 Å². The van der Waals surface area contributed by atoms with Crippen LogP contribution in [-0.2, 0) is 0 Å². The molecule has 21 heavy (non-hydrogen) atoms. The second-order valence-corrected chi connectivity index (χ2v) is 6.43. The number of amides is 1. The van der Waals surface area contributed by atoms with Crippen LogP contribution >= 0.6 is 0 Å². The number of hydrogen-bond acceptors (Lipinski definition) is 3. The Morgan fingerprint density at radius 1 is 1.38 bits per heavy atom. The third kappa shape index (κ3) is 2.90. The topological polar surface area (TPSA) is 68.0 Å². The van der Waals surface area contributed by atoms with Crippen molar-refractivity contribution < 1.29 is 4.79 Å².